The number of esters is 1. The number of benzene rings is 1. The van der Waals surface area contributed by atoms with E-state index in [0.717, 1.165) is 18.4 Å². The van der Waals surface area contributed by atoms with Crippen molar-refractivity contribution in [2.24, 2.45) is 17.8 Å². The van der Waals surface area contributed by atoms with Gasteiger partial charge in [0.05, 0.1) is 0 Å². The molecule has 0 spiro atoms. The second-order valence-electron chi connectivity index (χ2n) is 6.88. The van der Waals surface area contributed by atoms with Crippen LogP contribution in [0.1, 0.15) is 45.6 Å². The van der Waals surface area contributed by atoms with Crippen molar-refractivity contribution in [1.82, 2.24) is 0 Å². The van der Waals surface area contributed by atoms with Crippen molar-refractivity contribution in [2.45, 2.75) is 46.1 Å². The molecule has 124 valence electrons. The summed E-state index contributed by atoms with van der Waals surface area (Å²) in [7, 11) is 0. The molecule has 3 heteroatoms. The van der Waals surface area contributed by atoms with Gasteiger partial charge in [0.25, 0.3) is 5.78 Å². The van der Waals surface area contributed by atoms with Crippen molar-refractivity contribution in [3.8, 4) is 0 Å². The molecule has 1 saturated carbocycles. The number of hydrogen-bond donors (Lipinski definition) is 0. The van der Waals surface area contributed by atoms with Crippen LogP contribution in [0.5, 0.6) is 0 Å². The van der Waals surface area contributed by atoms with E-state index in [-0.39, 0.29) is 6.10 Å². The van der Waals surface area contributed by atoms with E-state index in [2.05, 4.69) is 20.8 Å². The molecule has 1 aromatic carbocycles. The lowest BCUT2D eigenvalue weighted by Crippen LogP contribution is -2.37. The maximum atomic E-state index is 12.1. The summed E-state index contributed by atoms with van der Waals surface area (Å²) in [6, 6.07) is 9.45. The zero-order chi connectivity index (χ0) is 16.8. The Morgan fingerprint density at radius 1 is 1.17 bits per heavy atom. The lowest BCUT2D eigenvalue weighted by atomic mass is 9.75. The number of carbonyl (C=O) groups excluding carboxylic acids is 2. The Kier molecular flexibility index (Phi) is 6.14. The molecule has 1 aromatic rings. The number of ether oxygens (including phenoxy) is 1. The van der Waals surface area contributed by atoms with Gasteiger partial charge in [-0.3, -0.25) is 4.79 Å². The monoisotopic (exact) mass is 314 g/mol. The number of carbonyl (C=O) groups is 2. The van der Waals surface area contributed by atoms with E-state index in [1.54, 1.807) is 6.08 Å². The molecular formula is C20H26O3. The van der Waals surface area contributed by atoms with Crippen LogP contribution in [0.3, 0.4) is 0 Å². The van der Waals surface area contributed by atoms with Crippen molar-refractivity contribution in [1.29, 1.82) is 0 Å². The van der Waals surface area contributed by atoms with E-state index in [4.69, 9.17) is 4.74 Å². The first-order valence-electron chi connectivity index (χ1n) is 8.45. The van der Waals surface area contributed by atoms with Crippen LogP contribution in [0.4, 0.5) is 0 Å². The lowest BCUT2D eigenvalue weighted by Gasteiger charge is -2.36. The Labute approximate surface area is 138 Å². The van der Waals surface area contributed by atoms with Gasteiger partial charge in [-0.15, -0.1) is 0 Å². The van der Waals surface area contributed by atoms with E-state index in [1.165, 1.54) is 12.5 Å². The molecule has 0 amide bonds. The minimum Gasteiger partial charge on any atom is -0.456 e. The highest BCUT2D eigenvalue weighted by molar-refractivity contribution is 6.39. The summed E-state index contributed by atoms with van der Waals surface area (Å²) in [5.41, 5.74) is 0.889. The van der Waals surface area contributed by atoms with Gasteiger partial charge in [0.2, 0.25) is 0 Å². The summed E-state index contributed by atoms with van der Waals surface area (Å²) in [6.07, 6.45) is 5.88. The first-order chi connectivity index (χ1) is 11.0. The Morgan fingerprint density at radius 2 is 1.87 bits per heavy atom. The number of ketones is 1. The van der Waals surface area contributed by atoms with E-state index in [1.807, 2.05) is 30.3 Å². The third-order valence-corrected chi connectivity index (χ3v) is 4.65. The van der Waals surface area contributed by atoms with Gasteiger partial charge in [-0.1, -0.05) is 63.6 Å². The molecule has 1 fully saturated rings. The second kappa shape index (κ2) is 8.09. The van der Waals surface area contributed by atoms with Crippen LogP contribution in [0.25, 0.3) is 6.08 Å². The molecule has 0 aromatic heterocycles. The highest BCUT2D eigenvalue weighted by atomic mass is 16.5. The fourth-order valence-corrected chi connectivity index (χ4v) is 3.25. The summed E-state index contributed by atoms with van der Waals surface area (Å²) in [5, 5.41) is 0. The van der Waals surface area contributed by atoms with Crippen LogP contribution < -0.4 is 0 Å². The van der Waals surface area contributed by atoms with E-state index in [9.17, 15) is 9.59 Å². The second-order valence-corrected chi connectivity index (χ2v) is 6.88. The SMILES string of the molecule is CC(C)[C@H]1CC[C@@H](C)C[C@@H]1OC(=O)C(=O)/C=C\c1ccccc1. The normalized spacial score (nSPS) is 24.8. The summed E-state index contributed by atoms with van der Waals surface area (Å²) in [6.45, 7) is 6.48. The summed E-state index contributed by atoms with van der Waals surface area (Å²) in [5.74, 6) is 0.0191. The van der Waals surface area contributed by atoms with Gasteiger partial charge < -0.3 is 4.74 Å². The molecule has 1 aliphatic carbocycles. The molecule has 1 aliphatic rings. The van der Waals surface area contributed by atoms with E-state index in [0.29, 0.717) is 17.8 Å². The maximum Gasteiger partial charge on any atom is 0.379 e. The number of rotatable bonds is 5. The minimum absolute atomic E-state index is 0.139. The van der Waals surface area contributed by atoms with Crippen LogP contribution in [-0.4, -0.2) is 17.9 Å². The van der Waals surface area contributed by atoms with Gasteiger partial charge in [0.15, 0.2) is 0 Å². The predicted octanol–water partition coefficient (Wildman–Crippen LogP) is 4.27. The molecule has 0 heterocycles. The minimum atomic E-state index is -0.734. The van der Waals surface area contributed by atoms with Crippen molar-refractivity contribution in [2.75, 3.05) is 0 Å². The molecular weight excluding hydrogens is 288 g/mol. The molecule has 0 unspecified atom stereocenters. The quantitative estimate of drug-likeness (QED) is 0.463. The molecule has 0 radical (unpaired) electrons. The van der Waals surface area contributed by atoms with Crippen molar-refractivity contribution in [3.05, 3.63) is 42.0 Å². The fraction of sp³-hybridized carbons (Fsp3) is 0.500. The fourth-order valence-electron chi connectivity index (χ4n) is 3.25. The summed E-state index contributed by atoms with van der Waals surface area (Å²) in [4.78, 5) is 24.1. The summed E-state index contributed by atoms with van der Waals surface area (Å²) < 4.78 is 5.55. The molecule has 2 rings (SSSR count). The Balaban J connectivity index is 1.96. The van der Waals surface area contributed by atoms with Crippen molar-refractivity contribution in [3.63, 3.8) is 0 Å². The van der Waals surface area contributed by atoms with Crippen LogP contribution >= 0.6 is 0 Å². The zero-order valence-electron chi connectivity index (χ0n) is 14.2. The van der Waals surface area contributed by atoms with Crippen molar-refractivity contribution < 1.29 is 14.3 Å². The zero-order valence-corrected chi connectivity index (χ0v) is 14.2. The first kappa shape index (κ1) is 17.5. The van der Waals surface area contributed by atoms with E-state index >= 15 is 0 Å². The topological polar surface area (TPSA) is 43.4 Å². The molecule has 23 heavy (non-hydrogen) atoms. The Morgan fingerprint density at radius 3 is 2.52 bits per heavy atom. The standard InChI is InChI=1S/C20H26O3/c1-14(2)17-11-9-15(3)13-19(17)23-20(22)18(21)12-10-16-7-5-4-6-8-16/h4-8,10,12,14-15,17,19H,9,11,13H2,1-3H3/b12-10-/t15-,17-,19+/m1/s1. The highest BCUT2D eigenvalue weighted by Crippen LogP contribution is 2.35. The van der Waals surface area contributed by atoms with Crippen LogP contribution in [0.15, 0.2) is 36.4 Å². The van der Waals surface area contributed by atoms with Gasteiger partial charge >= 0.3 is 5.97 Å². The number of hydrogen-bond acceptors (Lipinski definition) is 3. The first-order valence-corrected chi connectivity index (χ1v) is 8.45. The van der Waals surface area contributed by atoms with Crippen LogP contribution in [0, 0.1) is 17.8 Å². The van der Waals surface area contributed by atoms with Crippen molar-refractivity contribution >= 4 is 17.8 Å². The maximum absolute atomic E-state index is 12.1. The lowest BCUT2D eigenvalue weighted by molar-refractivity contribution is -0.161. The van der Waals surface area contributed by atoms with E-state index < -0.39 is 11.8 Å². The highest BCUT2D eigenvalue weighted by Gasteiger charge is 2.34. The van der Waals surface area contributed by atoms with Crippen LogP contribution in [0.2, 0.25) is 0 Å². The largest absolute Gasteiger partial charge is 0.456 e. The molecule has 0 saturated heterocycles. The van der Waals surface area contributed by atoms with Gasteiger partial charge in [-0.05, 0) is 42.2 Å². The van der Waals surface area contributed by atoms with Crippen LogP contribution in [-0.2, 0) is 14.3 Å². The Hall–Kier alpha value is -1.90. The van der Waals surface area contributed by atoms with Gasteiger partial charge in [-0.25, -0.2) is 4.79 Å². The average Bonchev–Trinajstić information content (AvgIpc) is 2.53. The van der Waals surface area contributed by atoms with Gasteiger partial charge in [0, 0.05) is 0 Å². The third kappa shape index (κ3) is 5.05. The molecule has 3 nitrogen and oxygen atoms in total. The predicted molar refractivity (Wildman–Crippen MR) is 91.7 cm³/mol. The molecule has 0 N–H and O–H groups in total. The molecule has 0 aliphatic heterocycles. The van der Waals surface area contributed by atoms with Gasteiger partial charge in [-0.2, -0.15) is 0 Å². The molecule has 3 atom stereocenters. The Bertz CT molecular complexity index is 560. The van der Waals surface area contributed by atoms with Gasteiger partial charge in [0.1, 0.15) is 6.10 Å². The third-order valence-electron chi connectivity index (χ3n) is 4.65. The molecule has 0 bridgehead atoms. The average molecular weight is 314 g/mol. The smallest absolute Gasteiger partial charge is 0.379 e. The summed E-state index contributed by atoms with van der Waals surface area (Å²) >= 11 is 0.